The minimum atomic E-state index is -0.601. The molecule has 168 valence electrons. The van der Waals surface area contributed by atoms with Crippen LogP contribution in [0.1, 0.15) is 55.8 Å². The van der Waals surface area contributed by atoms with Crippen molar-refractivity contribution < 1.29 is 33.0 Å². The van der Waals surface area contributed by atoms with E-state index in [0.29, 0.717) is 27.7 Å². The molecule has 0 fully saturated rings. The molecule has 0 bridgehead atoms. The van der Waals surface area contributed by atoms with Crippen LogP contribution < -0.4 is 14.8 Å². The van der Waals surface area contributed by atoms with Gasteiger partial charge in [-0.3, -0.25) is 9.59 Å². The van der Waals surface area contributed by atoms with Crippen molar-refractivity contribution in [3.8, 4) is 11.5 Å². The largest absolute Gasteiger partial charge is 0.497 e. The van der Waals surface area contributed by atoms with Gasteiger partial charge in [0.25, 0.3) is 5.91 Å². The average Bonchev–Trinajstić information content (AvgIpc) is 3.37. The number of esters is 1. The first-order valence-corrected chi connectivity index (χ1v) is 10.6. The van der Waals surface area contributed by atoms with Crippen LogP contribution >= 0.6 is 11.3 Å². The summed E-state index contributed by atoms with van der Waals surface area (Å²) in [6, 6.07) is 10.3. The Kier molecular flexibility index (Phi) is 7.32. The normalized spacial score (nSPS) is 10.5. The Morgan fingerprint density at radius 3 is 2.56 bits per heavy atom. The third kappa shape index (κ3) is 5.17. The zero-order chi connectivity index (χ0) is 23.3. The summed E-state index contributed by atoms with van der Waals surface area (Å²) in [6.45, 7) is 5.02. The van der Waals surface area contributed by atoms with Crippen LogP contribution in [-0.4, -0.2) is 31.4 Å². The lowest BCUT2D eigenvalue weighted by Crippen LogP contribution is -2.14. The number of nitrogens with one attached hydrogen (secondary N) is 1. The third-order valence-corrected chi connectivity index (χ3v) is 5.79. The lowest BCUT2D eigenvalue weighted by molar-refractivity contribution is 0.0527. The maximum absolute atomic E-state index is 12.7. The molecule has 0 atom stereocenters. The van der Waals surface area contributed by atoms with Gasteiger partial charge in [0.05, 0.1) is 24.2 Å². The topological polar surface area (TPSA) is 104 Å². The maximum Gasteiger partial charge on any atom is 0.341 e. The second kappa shape index (κ2) is 10.1. The van der Waals surface area contributed by atoms with Gasteiger partial charge >= 0.3 is 5.97 Å². The number of ether oxygens (including phenoxy) is 3. The number of amides is 1. The Morgan fingerprint density at radius 1 is 1.12 bits per heavy atom. The fourth-order valence-electron chi connectivity index (χ4n) is 2.97. The van der Waals surface area contributed by atoms with Crippen LogP contribution in [-0.2, 0) is 11.3 Å². The Morgan fingerprint density at radius 2 is 1.88 bits per heavy atom. The van der Waals surface area contributed by atoms with Gasteiger partial charge in [0.1, 0.15) is 28.9 Å². The second-order valence-corrected chi connectivity index (χ2v) is 7.75. The summed E-state index contributed by atoms with van der Waals surface area (Å²) >= 11 is 1.03. The molecular weight excluding hydrogens is 434 g/mol. The van der Waals surface area contributed by atoms with E-state index in [1.165, 1.54) is 13.0 Å². The number of Topliss-reactive ketones (excluding diaryl/α,β-unsaturated/α-hetero) is 1. The highest BCUT2D eigenvalue weighted by molar-refractivity contribution is 7.18. The summed E-state index contributed by atoms with van der Waals surface area (Å²) in [5.74, 6) is 0.381. The van der Waals surface area contributed by atoms with Gasteiger partial charge in [-0.25, -0.2) is 4.79 Å². The Balaban J connectivity index is 1.74. The summed E-state index contributed by atoms with van der Waals surface area (Å²) in [7, 11) is 1.57. The van der Waals surface area contributed by atoms with E-state index in [4.69, 9.17) is 18.6 Å². The van der Waals surface area contributed by atoms with Gasteiger partial charge < -0.3 is 23.9 Å². The lowest BCUT2D eigenvalue weighted by atomic mass is 10.1. The number of methoxy groups -OCH3 is 1. The van der Waals surface area contributed by atoms with E-state index in [-0.39, 0.29) is 35.3 Å². The lowest BCUT2D eigenvalue weighted by Gasteiger charge is -2.07. The molecule has 9 heteroatoms. The molecule has 0 aliphatic rings. The van der Waals surface area contributed by atoms with Gasteiger partial charge in [-0.05, 0) is 50.6 Å². The van der Waals surface area contributed by atoms with E-state index < -0.39 is 11.9 Å². The Bertz CT molecular complexity index is 1150. The molecule has 32 heavy (non-hydrogen) atoms. The van der Waals surface area contributed by atoms with Crippen molar-refractivity contribution >= 4 is 34.0 Å². The van der Waals surface area contributed by atoms with Gasteiger partial charge in [-0.1, -0.05) is 6.07 Å². The van der Waals surface area contributed by atoms with Crippen LogP contribution in [0.25, 0.3) is 0 Å². The molecule has 0 saturated carbocycles. The van der Waals surface area contributed by atoms with Crippen molar-refractivity contribution in [1.29, 1.82) is 0 Å². The van der Waals surface area contributed by atoms with E-state index in [1.807, 2.05) is 0 Å². The minimum absolute atomic E-state index is 0.0412. The molecule has 1 amide bonds. The number of benzene rings is 1. The minimum Gasteiger partial charge on any atom is -0.497 e. The van der Waals surface area contributed by atoms with Gasteiger partial charge in [0, 0.05) is 6.07 Å². The van der Waals surface area contributed by atoms with Crippen LogP contribution in [0.15, 0.2) is 40.8 Å². The predicted molar refractivity (Wildman–Crippen MR) is 119 cm³/mol. The molecule has 1 aromatic carbocycles. The van der Waals surface area contributed by atoms with E-state index in [9.17, 15) is 14.4 Å². The van der Waals surface area contributed by atoms with Gasteiger partial charge in [0.2, 0.25) is 0 Å². The van der Waals surface area contributed by atoms with Crippen molar-refractivity contribution in [2.24, 2.45) is 0 Å². The molecule has 0 aliphatic heterocycles. The molecule has 0 radical (unpaired) electrons. The molecule has 2 heterocycles. The van der Waals surface area contributed by atoms with Crippen LogP contribution in [0.5, 0.6) is 11.5 Å². The molecule has 0 spiro atoms. The molecular formula is C23H23NO7S. The van der Waals surface area contributed by atoms with Gasteiger partial charge in [-0.15, -0.1) is 11.3 Å². The van der Waals surface area contributed by atoms with Crippen LogP contribution in [0.2, 0.25) is 0 Å². The van der Waals surface area contributed by atoms with E-state index in [1.54, 1.807) is 51.3 Å². The van der Waals surface area contributed by atoms with Crippen LogP contribution in [0.4, 0.5) is 5.00 Å². The van der Waals surface area contributed by atoms with Crippen LogP contribution in [0.3, 0.4) is 0 Å². The van der Waals surface area contributed by atoms with Crippen molar-refractivity contribution in [2.45, 2.75) is 27.4 Å². The number of carbonyl (C=O) groups is 3. The zero-order valence-electron chi connectivity index (χ0n) is 18.1. The quantitative estimate of drug-likeness (QED) is 0.361. The molecule has 0 saturated heterocycles. The summed E-state index contributed by atoms with van der Waals surface area (Å²) in [5.41, 5.74) is 0.645. The molecule has 3 rings (SSSR count). The third-order valence-electron chi connectivity index (χ3n) is 4.48. The fourth-order valence-corrected chi connectivity index (χ4v) is 4.06. The van der Waals surface area contributed by atoms with E-state index in [0.717, 1.165) is 11.3 Å². The van der Waals surface area contributed by atoms with E-state index in [2.05, 4.69) is 5.32 Å². The Labute approximate surface area is 189 Å². The van der Waals surface area contributed by atoms with Crippen molar-refractivity contribution in [3.05, 3.63) is 63.9 Å². The predicted octanol–water partition coefficient (Wildman–Crippen LogP) is 4.87. The molecule has 3 aromatic rings. The number of carbonyl (C=O) groups excluding carboxylic acids is 3. The maximum atomic E-state index is 12.7. The second-order valence-electron chi connectivity index (χ2n) is 6.72. The number of thiophene rings is 1. The van der Waals surface area contributed by atoms with Gasteiger partial charge in [-0.2, -0.15) is 0 Å². The number of anilines is 1. The van der Waals surface area contributed by atoms with Crippen molar-refractivity contribution in [3.63, 3.8) is 0 Å². The molecule has 0 aliphatic carbocycles. The highest BCUT2D eigenvalue weighted by Gasteiger charge is 2.26. The smallest absolute Gasteiger partial charge is 0.341 e. The number of furan rings is 1. The average molecular weight is 458 g/mol. The first-order valence-electron chi connectivity index (χ1n) is 9.82. The summed E-state index contributed by atoms with van der Waals surface area (Å²) in [5, 5.41) is 2.90. The fraction of sp³-hybridized carbons (Fsp3) is 0.261. The monoisotopic (exact) mass is 457 g/mol. The van der Waals surface area contributed by atoms with E-state index >= 15 is 0 Å². The molecule has 8 nitrogen and oxygen atoms in total. The first kappa shape index (κ1) is 23.1. The first-order chi connectivity index (χ1) is 15.3. The van der Waals surface area contributed by atoms with Crippen molar-refractivity contribution in [2.75, 3.05) is 19.0 Å². The highest BCUT2D eigenvalue weighted by atomic mass is 32.1. The van der Waals surface area contributed by atoms with Crippen LogP contribution in [0, 0.1) is 6.92 Å². The molecule has 2 aromatic heterocycles. The molecule has 1 N–H and O–H groups in total. The summed E-state index contributed by atoms with van der Waals surface area (Å²) < 4.78 is 21.5. The standard InChI is InChI=1S/C23H23NO7S/c1-5-29-23(27)19-13(2)20(14(3)25)32-22(19)24-21(26)18-10-9-17(31-18)12-30-16-8-6-7-15(11-16)28-4/h6-11H,5,12H2,1-4H3,(H,24,26). The SMILES string of the molecule is CCOC(=O)c1c(NC(=O)c2ccc(COc3cccc(OC)c3)o2)sc(C(C)=O)c1C. The molecule has 0 unspecified atom stereocenters. The van der Waals surface area contributed by atoms with Gasteiger partial charge in [0.15, 0.2) is 11.5 Å². The Hall–Kier alpha value is -3.59. The summed E-state index contributed by atoms with van der Waals surface area (Å²) in [6.07, 6.45) is 0. The zero-order valence-corrected chi connectivity index (χ0v) is 19.0. The number of hydrogen-bond donors (Lipinski definition) is 1. The summed E-state index contributed by atoms with van der Waals surface area (Å²) in [4.78, 5) is 37.4. The number of ketones is 1. The highest BCUT2D eigenvalue weighted by Crippen LogP contribution is 2.34. The number of hydrogen-bond acceptors (Lipinski definition) is 8. The number of rotatable bonds is 9. The van der Waals surface area contributed by atoms with Crippen molar-refractivity contribution in [1.82, 2.24) is 0 Å².